The van der Waals surface area contributed by atoms with Crippen molar-refractivity contribution in [3.63, 3.8) is 0 Å². The Morgan fingerprint density at radius 1 is 1.13 bits per heavy atom. The van der Waals surface area contributed by atoms with Crippen molar-refractivity contribution in [3.05, 3.63) is 47.3 Å². The number of hydrogen-bond acceptors (Lipinski definition) is 4. The van der Waals surface area contributed by atoms with Crippen LogP contribution < -0.4 is 5.43 Å². The third-order valence-electron chi connectivity index (χ3n) is 4.11. The number of aromatic nitrogens is 2. The SMILES string of the molecule is Cc1nn(-c2ccccc2)c(C)c1/C=N/NC1=NCCCCC1. The minimum atomic E-state index is 0.905. The molecule has 1 aromatic heterocycles. The van der Waals surface area contributed by atoms with Gasteiger partial charge in [0, 0.05) is 18.5 Å². The third kappa shape index (κ3) is 3.67. The van der Waals surface area contributed by atoms with E-state index in [-0.39, 0.29) is 0 Å². The predicted octanol–water partition coefficient (Wildman–Crippen LogP) is 3.39. The van der Waals surface area contributed by atoms with E-state index in [9.17, 15) is 0 Å². The van der Waals surface area contributed by atoms with Gasteiger partial charge in [0.15, 0.2) is 0 Å². The minimum absolute atomic E-state index is 0.905. The van der Waals surface area contributed by atoms with E-state index >= 15 is 0 Å². The van der Waals surface area contributed by atoms with Gasteiger partial charge in [-0.05, 0) is 38.8 Å². The van der Waals surface area contributed by atoms with E-state index < -0.39 is 0 Å². The Morgan fingerprint density at radius 3 is 2.78 bits per heavy atom. The van der Waals surface area contributed by atoms with E-state index in [1.807, 2.05) is 36.0 Å². The Morgan fingerprint density at radius 2 is 1.96 bits per heavy atom. The first-order chi connectivity index (χ1) is 11.3. The zero-order valence-electron chi connectivity index (χ0n) is 13.8. The van der Waals surface area contributed by atoms with E-state index in [1.165, 1.54) is 19.3 Å². The molecule has 5 heteroatoms. The smallest absolute Gasteiger partial charge is 0.117 e. The van der Waals surface area contributed by atoms with Gasteiger partial charge < -0.3 is 0 Å². The number of hydrogen-bond donors (Lipinski definition) is 1. The monoisotopic (exact) mass is 309 g/mol. The summed E-state index contributed by atoms with van der Waals surface area (Å²) in [6.45, 7) is 4.98. The van der Waals surface area contributed by atoms with Crippen molar-refractivity contribution in [1.82, 2.24) is 15.2 Å². The van der Waals surface area contributed by atoms with Crippen molar-refractivity contribution in [1.29, 1.82) is 0 Å². The lowest BCUT2D eigenvalue weighted by molar-refractivity contribution is 0.729. The molecule has 2 heterocycles. The van der Waals surface area contributed by atoms with Gasteiger partial charge in [-0.15, -0.1) is 0 Å². The fourth-order valence-corrected chi connectivity index (χ4v) is 2.80. The second kappa shape index (κ2) is 7.22. The average molecular weight is 309 g/mol. The van der Waals surface area contributed by atoms with Crippen LogP contribution in [0.4, 0.5) is 0 Å². The summed E-state index contributed by atoms with van der Waals surface area (Å²) in [4.78, 5) is 4.52. The normalized spacial score (nSPS) is 15.5. The molecule has 23 heavy (non-hydrogen) atoms. The first-order valence-corrected chi connectivity index (χ1v) is 8.20. The molecular weight excluding hydrogens is 286 g/mol. The molecule has 1 aliphatic rings. The first kappa shape index (κ1) is 15.5. The summed E-state index contributed by atoms with van der Waals surface area (Å²) in [7, 11) is 0. The van der Waals surface area contributed by atoms with Crippen molar-refractivity contribution in [2.75, 3.05) is 6.54 Å². The fraction of sp³-hybridized carbons (Fsp3) is 0.389. The van der Waals surface area contributed by atoms with Gasteiger partial charge in [0.05, 0.1) is 23.3 Å². The van der Waals surface area contributed by atoms with Crippen molar-refractivity contribution >= 4 is 12.1 Å². The van der Waals surface area contributed by atoms with Crippen LogP contribution in [0.15, 0.2) is 40.4 Å². The van der Waals surface area contributed by atoms with Crippen LogP contribution in [0.3, 0.4) is 0 Å². The molecule has 0 radical (unpaired) electrons. The number of hydrazone groups is 1. The van der Waals surface area contributed by atoms with E-state index in [0.29, 0.717) is 0 Å². The van der Waals surface area contributed by atoms with Crippen LogP contribution >= 0.6 is 0 Å². The molecule has 1 N–H and O–H groups in total. The Kier molecular flexibility index (Phi) is 4.86. The third-order valence-corrected chi connectivity index (χ3v) is 4.11. The number of amidine groups is 1. The van der Waals surface area contributed by atoms with Crippen LogP contribution in [-0.4, -0.2) is 28.4 Å². The van der Waals surface area contributed by atoms with Crippen molar-refractivity contribution < 1.29 is 0 Å². The molecule has 0 fully saturated rings. The summed E-state index contributed by atoms with van der Waals surface area (Å²) in [5, 5.41) is 9.00. The molecule has 1 aromatic carbocycles. The average Bonchev–Trinajstić information content (AvgIpc) is 2.75. The highest BCUT2D eigenvalue weighted by Crippen LogP contribution is 2.16. The Balaban J connectivity index is 1.77. The van der Waals surface area contributed by atoms with Gasteiger partial charge in [-0.25, -0.2) is 4.68 Å². The van der Waals surface area contributed by atoms with Gasteiger partial charge in [-0.2, -0.15) is 10.2 Å². The summed E-state index contributed by atoms with van der Waals surface area (Å²) in [5.74, 6) is 0.990. The molecule has 2 aromatic rings. The molecule has 3 rings (SSSR count). The Labute approximate surface area is 137 Å². The molecule has 0 saturated carbocycles. The van der Waals surface area contributed by atoms with Crippen LogP contribution in [0.5, 0.6) is 0 Å². The highest BCUT2D eigenvalue weighted by molar-refractivity contribution is 5.86. The molecule has 1 aliphatic heterocycles. The van der Waals surface area contributed by atoms with Gasteiger partial charge in [0.25, 0.3) is 0 Å². The number of nitrogens with zero attached hydrogens (tertiary/aromatic N) is 4. The molecule has 0 unspecified atom stereocenters. The number of rotatable bonds is 3. The second-order valence-electron chi connectivity index (χ2n) is 5.84. The van der Waals surface area contributed by atoms with Crippen molar-refractivity contribution in [2.24, 2.45) is 10.1 Å². The number of nitrogens with one attached hydrogen (secondary N) is 1. The summed E-state index contributed by atoms with van der Waals surface area (Å²) in [6.07, 6.45) is 6.45. The molecule has 0 atom stereocenters. The van der Waals surface area contributed by atoms with E-state index in [0.717, 1.165) is 41.4 Å². The van der Waals surface area contributed by atoms with Crippen molar-refractivity contribution in [2.45, 2.75) is 39.5 Å². The van der Waals surface area contributed by atoms with Crippen LogP contribution in [0, 0.1) is 13.8 Å². The van der Waals surface area contributed by atoms with Gasteiger partial charge in [0.2, 0.25) is 0 Å². The van der Waals surface area contributed by atoms with Gasteiger partial charge in [0.1, 0.15) is 5.84 Å². The lowest BCUT2D eigenvalue weighted by Crippen LogP contribution is -2.17. The Hall–Kier alpha value is -2.43. The van der Waals surface area contributed by atoms with Gasteiger partial charge in [-0.3, -0.25) is 10.4 Å². The molecular formula is C18H23N5. The molecule has 120 valence electrons. The molecule has 5 nitrogen and oxygen atoms in total. The van der Waals surface area contributed by atoms with Gasteiger partial charge in [-0.1, -0.05) is 24.6 Å². The number of aliphatic imine (C=N–C) groups is 1. The summed E-state index contributed by atoms with van der Waals surface area (Å²) >= 11 is 0. The summed E-state index contributed by atoms with van der Waals surface area (Å²) < 4.78 is 1.96. The fourth-order valence-electron chi connectivity index (χ4n) is 2.80. The lowest BCUT2D eigenvalue weighted by atomic mass is 10.2. The summed E-state index contributed by atoms with van der Waals surface area (Å²) in [6, 6.07) is 10.2. The molecule has 0 amide bonds. The second-order valence-corrected chi connectivity index (χ2v) is 5.84. The maximum absolute atomic E-state index is 4.63. The molecule has 0 spiro atoms. The molecule has 0 aliphatic carbocycles. The predicted molar refractivity (Wildman–Crippen MR) is 94.5 cm³/mol. The number of para-hydroxylation sites is 1. The number of aryl methyl sites for hydroxylation is 1. The van der Waals surface area contributed by atoms with Crippen molar-refractivity contribution in [3.8, 4) is 5.69 Å². The zero-order chi connectivity index (χ0) is 16.1. The van der Waals surface area contributed by atoms with Crippen LogP contribution in [0.2, 0.25) is 0 Å². The highest BCUT2D eigenvalue weighted by Gasteiger charge is 2.11. The maximum atomic E-state index is 4.63. The molecule has 0 bridgehead atoms. The van der Waals surface area contributed by atoms with Crippen LogP contribution in [-0.2, 0) is 0 Å². The van der Waals surface area contributed by atoms with E-state index in [2.05, 4.69) is 39.7 Å². The van der Waals surface area contributed by atoms with E-state index in [4.69, 9.17) is 0 Å². The lowest BCUT2D eigenvalue weighted by Gasteiger charge is -2.04. The topological polar surface area (TPSA) is 54.6 Å². The van der Waals surface area contributed by atoms with Crippen LogP contribution in [0.1, 0.15) is 42.6 Å². The first-order valence-electron chi connectivity index (χ1n) is 8.20. The standard InChI is InChI=1S/C18H23N5/c1-14-17(13-20-21-18-11-7-4-8-12-19-18)15(2)23(22-14)16-9-5-3-6-10-16/h3,5-6,9-10,13H,4,7-8,11-12H2,1-2H3,(H,19,21)/b20-13+. The van der Waals surface area contributed by atoms with Gasteiger partial charge >= 0.3 is 0 Å². The van der Waals surface area contributed by atoms with Crippen LogP contribution in [0.25, 0.3) is 5.69 Å². The molecule has 0 saturated heterocycles. The van der Waals surface area contributed by atoms with E-state index in [1.54, 1.807) is 0 Å². The zero-order valence-corrected chi connectivity index (χ0v) is 13.8. The maximum Gasteiger partial charge on any atom is 0.117 e. The number of benzene rings is 1. The quantitative estimate of drug-likeness (QED) is 0.698. The highest BCUT2D eigenvalue weighted by atomic mass is 15.3. The Bertz CT molecular complexity index is 713. The minimum Gasteiger partial charge on any atom is -0.271 e. The summed E-state index contributed by atoms with van der Waals surface area (Å²) in [5.41, 5.74) is 7.27. The largest absolute Gasteiger partial charge is 0.271 e.